The van der Waals surface area contributed by atoms with E-state index in [1.807, 2.05) is 0 Å². The lowest BCUT2D eigenvalue weighted by Crippen LogP contribution is -2.56. The van der Waals surface area contributed by atoms with Gasteiger partial charge in [-0.1, -0.05) is 6.92 Å². The molecule has 1 aliphatic heterocycles. The number of aliphatic hydroxyl groups is 1. The maximum absolute atomic E-state index is 12.0. The van der Waals surface area contributed by atoms with Gasteiger partial charge in [0.1, 0.15) is 0 Å². The van der Waals surface area contributed by atoms with Gasteiger partial charge in [0.25, 0.3) is 0 Å². The van der Waals surface area contributed by atoms with Crippen molar-refractivity contribution < 1.29 is 9.90 Å². The third-order valence-corrected chi connectivity index (χ3v) is 4.07. The van der Waals surface area contributed by atoms with Gasteiger partial charge in [-0.2, -0.15) is 0 Å². The van der Waals surface area contributed by atoms with Gasteiger partial charge in [-0.05, 0) is 46.1 Å². The van der Waals surface area contributed by atoms with Crippen LogP contribution in [0.4, 0.5) is 4.79 Å². The number of urea groups is 1. The Morgan fingerprint density at radius 2 is 2.20 bits per heavy atom. The third-order valence-electron chi connectivity index (χ3n) is 4.07. The van der Waals surface area contributed by atoms with Crippen LogP contribution < -0.4 is 5.32 Å². The van der Waals surface area contributed by atoms with E-state index in [0.717, 1.165) is 19.0 Å². The first-order chi connectivity index (χ1) is 9.22. The number of nitrogens with one attached hydrogen (secondary N) is 1. The number of nitrogens with zero attached hydrogens (tertiary/aromatic N) is 2. The Morgan fingerprint density at radius 3 is 2.75 bits per heavy atom. The molecule has 2 amide bonds. The summed E-state index contributed by atoms with van der Waals surface area (Å²) in [6.45, 7) is 11.5. The average Bonchev–Trinajstić information content (AvgIpc) is 2.35. The monoisotopic (exact) mass is 285 g/mol. The van der Waals surface area contributed by atoms with Crippen LogP contribution >= 0.6 is 0 Å². The van der Waals surface area contributed by atoms with Gasteiger partial charge in [0.05, 0.1) is 6.10 Å². The minimum atomic E-state index is -0.498. The zero-order valence-electron chi connectivity index (χ0n) is 13.6. The summed E-state index contributed by atoms with van der Waals surface area (Å²) in [5.74, 6) is 0.733. The molecule has 0 aromatic rings. The summed E-state index contributed by atoms with van der Waals surface area (Å²) < 4.78 is 0. The van der Waals surface area contributed by atoms with E-state index in [1.54, 1.807) is 14.0 Å². The second kappa shape index (κ2) is 7.27. The van der Waals surface area contributed by atoms with Gasteiger partial charge in [-0.3, -0.25) is 4.90 Å². The van der Waals surface area contributed by atoms with Crippen LogP contribution in [0.25, 0.3) is 0 Å². The number of amides is 2. The molecule has 0 radical (unpaired) electrons. The van der Waals surface area contributed by atoms with Crippen LogP contribution in [-0.4, -0.2) is 65.8 Å². The minimum absolute atomic E-state index is 0.0317. The third kappa shape index (κ3) is 5.29. The minimum Gasteiger partial charge on any atom is -0.392 e. The number of rotatable bonds is 5. The molecule has 1 heterocycles. The van der Waals surface area contributed by atoms with Crippen LogP contribution in [0, 0.1) is 5.92 Å². The second-order valence-electron chi connectivity index (χ2n) is 6.89. The van der Waals surface area contributed by atoms with Crippen molar-refractivity contribution in [1.29, 1.82) is 0 Å². The summed E-state index contributed by atoms with van der Waals surface area (Å²) in [5.41, 5.74) is -0.0317. The van der Waals surface area contributed by atoms with Crippen LogP contribution in [0.3, 0.4) is 0 Å². The van der Waals surface area contributed by atoms with Crippen molar-refractivity contribution in [3.05, 3.63) is 0 Å². The maximum Gasteiger partial charge on any atom is 0.317 e. The molecule has 2 atom stereocenters. The van der Waals surface area contributed by atoms with Crippen molar-refractivity contribution in [3.63, 3.8) is 0 Å². The van der Waals surface area contributed by atoms with Crippen LogP contribution in [0.15, 0.2) is 0 Å². The Kier molecular flexibility index (Phi) is 6.27. The van der Waals surface area contributed by atoms with E-state index in [1.165, 1.54) is 17.7 Å². The van der Waals surface area contributed by atoms with E-state index in [2.05, 4.69) is 31.0 Å². The Balaban J connectivity index is 2.44. The predicted molar refractivity (Wildman–Crippen MR) is 81.8 cm³/mol. The van der Waals surface area contributed by atoms with Crippen molar-refractivity contribution >= 4 is 6.03 Å². The highest BCUT2D eigenvalue weighted by molar-refractivity contribution is 5.73. The highest BCUT2D eigenvalue weighted by atomic mass is 16.3. The molecule has 0 saturated carbocycles. The highest BCUT2D eigenvalue weighted by Gasteiger charge is 2.30. The molecule has 1 saturated heterocycles. The van der Waals surface area contributed by atoms with Crippen molar-refractivity contribution in [2.75, 3.05) is 33.2 Å². The SMILES string of the molecule is CC(O)CN(C)C(=O)NCC(C)(C)N1CCCC(C)C1. The molecule has 0 aromatic heterocycles. The lowest BCUT2D eigenvalue weighted by Gasteiger charge is -2.43. The van der Waals surface area contributed by atoms with Gasteiger partial charge < -0.3 is 15.3 Å². The van der Waals surface area contributed by atoms with Gasteiger partial charge in [0.15, 0.2) is 0 Å². The molecule has 2 unspecified atom stereocenters. The predicted octanol–water partition coefficient (Wildman–Crippen LogP) is 1.52. The van der Waals surface area contributed by atoms with Crippen molar-refractivity contribution in [2.45, 2.75) is 52.2 Å². The Labute approximate surface area is 123 Å². The molecule has 118 valence electrons. The van der Waals surface area contributed by atoms with Crippen LogP contribution in [0.1, 0.15) is 40.5 Å². The summed E-state index contributed by atoms with van der Waals surface area (Å²) >= 11 is 0. The number of hydrogen-bond donors (Lipinski definition) is 2. The fourth-order valence-corrected chi connectivity index (χ4v) is 2.76. The fourth-order valence-electron chi connectivity index (χ4n) is 2.76. The van der Waals surface area contributed by atoms with Gasteiger partial charge in [0, 0.05) is 32.2 Å². The normalized spacial score (nSPS) is 22.4. The lowest BCUT2D eigenvalue weighted by molar-refractivity contribution is 0.0706. The van der Waals surface area contributed by atoms with E-state index in [9.17, 15) is 9.90 Å². The highest BCUT2D eigenvalue weighted by Crippen LogP contribution is 2.23. The smallest absolute Gasteiger partial charge is 0.317 e. The van der Waals surface area contributed by atoms with E-state index in [-0.39, 0.29) is 11.6 Å². The molecule has 20 heavy (non-hydrogen) atoms. The molecule has 2 N–H and O–H groups in total. The molecule has 0 bridgehead atoms. The summed E-state index contributed by atoms with van der Waals surface area (Å²) in [5, 5.41) is 12.3. The summed E-state index contributed by atoms with van der Waals surface area (Å²) in [4.78, 5) is 16.0. The first-order valence-electron chi connectivity index (χ1n) is 7.64. The standard InChI is InChI=1S/C15H31N3O2/c1-12-7-6-8-18(9-12)15(3,4)11-16-14(20)17(5)10-13(2)19/h12-13,19H,6-11H2,1-5H3,(H,16,20). The number of likely N-dealkylation sites (N-methyl/N-ethyl adjacent to an activating group) is 1. The van der Waals surface area contributed by atoms with Gasteiger partial charge in [0.2, 0.25) is 0 Å². The first kappa shape index (κ1) is 17.2. The molecule has 5 heteroatoms. The fraction of sp³-hybridized carbons (Fsp3) is 0.933. The number of likely N-dealkylation sites (tertiary alicyclic amines) is 1. The van der Waals surface area contributed by atoms with Gasteiger partial charge in [-0.15, -0.1) is 0 Å². The Hall–Kier alpha value is -0.810. The number of piperidine rings is 1. The summed E-state index contributed by atoms with van der Waals surface area (Å²) in [7, 11) is 1.71. The van der Waals surface area contributed by atoms with Crippen molar-refractivity contribution in [3.8, 4) is 0 Å². The molecular weight excluding hydrogens is 254 g/mol. The van der Waals surface area contributed by atoms with E-state index < -0.39 is 6.10 Å². The maximum atomic E-state index is 12.0. The molecule has 1 fully saturated rings. The number of carbonyl (C=O) groups is 1. The van der Waals surface area contributed by atoms with Crippen LogP contribution in [-0.2, 0) is 0 Å². The van der Waals surface area contributed by atoms with Gasteiger partial charge in [-0.25, -0.2) is 4.79 Å². The largest absolute Gasteiger partial charge is 0.392 e. The summed E-state index contributed by atoms with van der Waals surface area (Å²) in [6, 6.07) is -0.121. The molecular formula is C15H31N3O2. The number of hydrogen-bond acceptors (Lipinski definition) is 3. The molecule has 0 aliphatic carbocycles. The lowest BCUT2D eigenvalue weighted by atomic mass is 9.93. The number of aliphatic hydroxyl groups excluding tert-OH is 1. The van der Waals surface area contributed by atoms with Crippen molar-refractivity contribution in [2.24, 2.45) is 5.92 Å². The average molecular weight is 285 g/mol. The number of carbonyl (C=O) groups excluding carboxylic acids is 1. The first-order valence-corrected chi connectivity index (χ1v) is 7.64. The van der Waals surface area contributed by atoms with Gasteiger partial charge >= 0.3 is 6.03 Å². The second-order valence-corrected chi connectivity index (χ2v) is 6.89. The summed E-state index contributed by atoms with van der Waals surface area (Å²) in [6.07, 6.45) is 2.04. The topological polar surface area (TPSA) is 55.8 Å². The van der Waals surface area contributed by atoms with Crippen LogP contribution in [0.2, 0.25) is 0 Å². The molecule has 0 spiro atoms. The van der Waals surface area contributed by atoms with Crippen LogP contribution in [0.5, 0.6) is 0 Å². The van der Waals surface area contributed by atoms with E-state index in [0.29, 0.717) is 13.1 Å². The zero-order chi connectivity index (χ0) is 15.3. The Morgan fingerprint density at radius 1 is 1.55 bits per heavy atom. The Bertz CT molecular complexity index is 318. The zero-order valence-corrected chi connectivity index (χ0v) is 13.6. The molecule has 0 aromatic carbocycles. The van der Waals surface area contributed by atoms with Crippen molar-refractivity contribution in [1.82, 2.24) is 15.1 Å². The molecule has 5 nitrogen and oxygen atoms in total. The van der Waals surface area contributed by atoms with E-state index in [4.69, 9.17) is 0 Å². The quantitative estimate of drug-likeness (QED) is 0.805. The van der Waals surface area contributed by atoms with E-state index >= 15 is 0 Å². The molecule has 1 aliphatic rings. The molecule has 1 rings (SSSR count).